The van der Waals surface area contributed by atoms with Crippen LogP contribution in [0, 0.1) is 13.8 Å². The third-order valence-electron chi connectivity index (χ3n) is 1.93. The smallest absolute Gasteiger partial charge is 0.334 e. The Bertz CT molecular complexity index is 485. The molecule has 0 aliphatic carbocycles. The Kier molecular flexibility index (Phi) is 3.34. The quantitative estimate of drug-likeness (QED) is 0.737. The average Bonchev–Trinajstić information content (AvgIpc) is 2.45. The van der Waals surface area contributed by atoms with E-state index in [9.17, 15) is 13.2 Å². The second-order valence-electron chi connectivity index (χ2n) is 3.29. The minimum atomic E-state index is -4.10. The van der Waals surface area contributed by atoms with E-state index in [1.54, 1.807) is 0 Å². The zero-order valence-corrected chi connectivity index (χ0v) is 9.83. The minimum absolute atomic E-state index is 0.111. The van der Waals surface area contributed by atoms with E-state index < -0.39 is 22.2 Å². The van der Waals surface area contributed by atoms with Crippen molar-refractivity contribution in [3.8, 4) is 0 Å². The molecular weight excluding hydrogens is 236 g/mol. The molecule has 0 saturated heterocycles. The lowest BCUT2D eigenvalue weighted by atomic mass is 10.4. The second-order valence-corrected chi connectivity index (χ2v) is 4.80. The van der Waals surface area contributed by atoms with Gasteiger partial charge in [-0.2, -0.15) is 13.5 Å². The van der Waals surface area contributed by atoms with Gasteiger partial charge in [0, 0.05) is 0 Å². The van der Waals surface area contributed by atoms with E-state index in [0.29, 0.717) is 5.69 Å². The number of nitrogens with one attached hydrogen (secondary N) is 1. The fourth-order valence-corrected chi connectivity index (χ4v) is 2.57. The zero-order valence-electron chi connectivity index (χ0n) is 9.01. The summed E-state index contributed by atoms with van der Waals surface area (Å²) in [5, 5.41) is 14.8. The van der Waals surface area contributed by atoms with Crippen LogP contribution in [-0.2, 0) is 19.1 Å². The molecule has 7 nitrogen and oxygen atoms in total. The summed E-state index contributed by atoms with van der Waals surface area (Å²) in [5.41, 5.74) is 0.560. The highest BCUT2D eigenvalue weighted by Gasteiger charge is 2.28. The highest BCUT2D eigenvalue weighted by Crippen LogP contribution is 2.20. The molecule has 1 unspecified atom stereocenters. The molecule has 0 bridgehead atoms. The van der Waals surface area contributed by atoms with Gasteiger partial charge in [-0.3, -0.25) is 9.28 Å². The van der Waals surface area contributed by atoms with Crippen molar-refractivity contribution in [1.29, 1.82) is 0 Å². The normalized spacial score (nSPS) is 13.7. The third-order valence-corrected chi connectivity index (χ3v) is 3.57. The Morgan fingerprint density at radius 1 is 1.50 bits per heavy atom. The molecule has 1 aromatic rings. The van der Waals surface area contributed by atoms with Crippen molar-refractivity contribution >= 4 is 16.1 Å². The van der Waals surface area contributed by atoms with Crippen LogP contribution >= 0.6 is 0 Å². The number of hydrogen-bond acceptors (Lipinski definition) is 5. The molecule has 1 heterocycles. The van der Waals surface area contributed by atoms with E-state index in [0.717, 1.165) is 6.92 Å². The van der Waals surface area contributed by atoms with Gasteiger partial charge in [0.2, 0.25) is 0 Å². The minimum Gasteiger partial charge on any atom is -0.479 e. The molecule has 0 fully saturated rings. The Morgan fingerprint density at radius 2 is 2.06 bits per heavy atom. The van der Waals surface area contributed by atoms with Crippen LogP contribution in [0.5, 0.6) is 0 Å². The molecule has 0 aliphatic rings. The number of H-pyrrole nitrogens is 1. The lowest BCUT2D eigenvalue weighted by Crippen LogP contribution is -2.24. The molecule has 8 heteroatoms. The first-order chi connectivity index (χ1) is 7.25. The van der Waals surface area contributed by atoms with Crippen LogP contribution in [0.1, 0.15) is 18.3 Å². The Morgan fingerprint density at radius 3 is 2.44 bits per heavy atom. The van der Waals surface area contributed by atoms with Crippen molar-refractivity contribution in [2.75, 3.05) is 0 Å². The van der Waals surface area contributed by atoms with Gasteiger partial charge in [-0.15, -0.1) is 0 Å². The fourth-order valence-electron chi connectivity index (χ4n) is 1.19. The van der Waals surface area contributed by atoms with Crippen molar-refractivity contribution in [2.24, 2.45) is 0 Å². The summed E-state index contributed by atoms with van der Waals surface area (Å²) < 4.78 is 27.9. The zero-order chi connectivity index (χ0) is 12.5. The van der Waals surface area contributed by atoms with E-state index in [-0.39, 0.29) is 10.6 Å². The summed E-state index contributed by atoms with van der Waals surface area (Å²) in [6.45, 7) is 4.15. The average molecular weight is 248 g/mol. The predicted molar refractivity (Wildman–Crippen MR) is 53.4 cm³/mol. The van der Waals surface area contributed by atoms with Gasteiger partial charge in [-0.25, -0.2) is 4.79 Å². The van der Waals surface area contributed by atoms with E-state index in [2.05, 4.69) is 14.4 Å². The number of aliphatic carboxylic acids is 1. The van der Waals surface area contributed by atoms with Gasteiger partial charge in [0.05, 0.1) is 11.4 Å². The molecule has 0 aliphatic heterocycles. The molecule has 0 saturated carbocycles. The van der Waals surface area contributed by atoms with Crippen LogP contribution in [0.3, 0.4) is 0 Å². The predicted octanol–water partition coefficient (Wildman–Crippen LogP) is 0.205. The van der Waals surface area contributed by atoms with Crippen molar-refractivity contribution in [1.82, 2.24) is 10.2 Å². The number of aromatic amines is 1. The Hall–Kier alpha value is -1.41. The number of aryl methyl sites for hydroxylation is 2. The molecule has 2 N–H and O–H groups in total. The summed E-state index contributed by atoms with van der Waals surface area (Å²) in [4.78, 5) is 10.4. The molecular formula is C8H12N2O5S. The number of hydrogen-bond donors (Lipinski definition) is 2. The maximum Gasteiger partial charge on any atom is 0.334 e. The lowest BCUT2D eigenvalue weighted by Gasteiger charge is -2.08. The van der Waals surface area contributed by atoms with Crippen LogP contribution in [0.4, 0.5) is 0 Å². The van der Waals surface area contributed by atoms with Crippen LogP contribution in [0.2, 0.25) is 0 Å². The van der Waals surface area contributed by atoms with Crippen LogP contribution in [0.25, 0.3) is 0 Å². The maximum atomic E-state index is 11.7. The summed E-state index contributed by atoms with van der Waals surface area (Å²) >= 11 is 0. The van der Waals surface area contributed by atoms with Crippen LogP contribution < -0.4 is 0 Å². The number of nitrogens with zero attached hydrogens (tertiary/aromatic N) is 1. The SMILES string of the molecule is Cc1n[nH]c(C)c1S(=O)(=O)OC(C)C(=O)O. The summed E-state index contributed by atoms with van der Waals surface area (Å²) in [6, 6.07) is 0. The molecule has 0 radical (unpaired) electrons. The van der Waals surface area contributed by atoms with Gasteiger partial charge in [-0.05, 0) is 20.8 Å². The third kappa shape index (κ3) is 2.39. The van der Waals surface area contributed by atoms with Crippen LogP contribution in [0.15, 0.2) is 4.90 Å². The van der Waals surface area contributed by atoms with Gasteiger partial charge in [0.1, 0.15) is 4.90 Å². The van der Waals surface area contributed by atoms with Crippen molar-refractivity contribution in [3.05, 3.63) is 11.4 Å². The molecule has 0 amide bonds. The molecule has 1 aromatic heterocycles. The monoisotopic (exact) mass is 248 g/mol. The molecule has 90 valence electrons. The summed E-state index contributed by atoms with van der Waals surface area (Å²) in [7, 11) is -4.10. The largest absolute Gasteiger partial charge is 0.479 e. The van der Waals surface area contributed by atoms with Gasteiger partial charge < -0.3 is 5.11 Å². The lowest BCUT2D eigenvalue weighted by molar-refractivity contribution is -0.144. The molecule has 1 rings (SSSR count). The fraction of sp³-hybridized carbons (Fsp3) is 0.500. The summed E-state index contributed by atoms with van der Waals surface area (Å²) in [6.07, 6.45) is -1.43. The number of carboxylic acid groups (broad SMARTS) is 1. The Balaban J connectivity index is 3.09. The van der Waals surface area contributed by atoms with E-state index in [1.807, 2.05) is 0 Å². The second kappa shape index (κ2) is 4.22. The maximum absolute atomic E-state index is 11.7. The molecule has 16 heavy (non-hydrogen) atoms. The van der Waals surface area contributed by atoms with Crippen molar-refractivity contribution in [2.45, 2.75) is 31.8 Å². The van der Waals surface area contributed by atoms with E-state index >= 15 is 0 Å². The van der Waals surface area contributed by atoms with Gasteiger partial charge >= 0.3 is 16.1 Å². The number of carboxylic acids is 1. The first-order valence-electron chi connectivity index (χ1n) is 4.43. The van der Waals surface area contributed by atoms with Crippen LogP contribution in [-0.4, -0.2) is 35.8 Å². The first-order valence-corrected chi connectivity index (χ1v) is 5.84. The summed E-state index contributed by atoms with van der Waals surface area (Å²) in [5.74, 6) is -1.35. The number of aromatic nitrogens is 2. The number of rotatable bonds is 4. The molecule has 0 spiro atoms. The first kappa shape index (κ1) is 12.7. The topological polar surface area (TPSA) is 109 Å². The Labute approximate surface area is 92.6 Å². The van der Waals surface area contributed by atoms with Gasteiger partial charge in [0.25, 0.3) is 0 Å². The van der Waals surface area contributed by atoms with Crippen molar-refractivity contribution in [3.63, 3.8) is 0 Å². The van der Waals surface area contributed by atoms with Gasteiger partial charge in [-0.1, -0.05) is 0 Å². The van der Waals surface area contributed by atoms with Gasteiger partial charge in [0.15, 0.2) is 6.10 Å². The number of carbonyl (C=O) groups is 1. The standard InChI is InChI=1S/C8H12N2O5S/c1-4-7(5(2)10-9-4)16(13,14)15-6(3)8(11)12/h6H,1-3H3,(H,9,10)(H,11,12). The van der Waals surface area contributed by atoms with Crippen molar-refractivity contribution < 1.29 is 22.5 Å². The highest BCUT2D eigenvalue weighted by atomic mass is 32.2. The van der Waals surface area contributed by atoms with E-state index in [1.165, 1.54) is 13.8 Å². The highest BCUT2D eigenvalue weighted by molar-refractivity contribution is 7.86. The van der Waals surface area contributed by atoms with E-state index in [4.69, 9.17) is 5.11 Å². The molecule has 0 aromatic carbocycles. The molecule has 1 atom stereocenters.